The SMILES string of the molecule is CC(C)OCCCN1C(=O)C2=C(C(=O)C3CCCCC3O2)C1c1ccc(OCC(N)=O)cc1. The van der Waals surface area contributed by atoms with Crippen LogP contribution in [0.15, 0.2) is 35.6 Å². The predicted octanol–water partition coefficient (Wildman–Crippen LogP) is 2.66. The number of nitrogens with zero attached hydrogens (tertiary/aromatic N) is 1. The average molecular weight is 457 g/mol. The number of ether oxygens (including phenoxy) is 3. The molecule has 3 atom stereocenters. The lowest BCUT2D eigenvalue weighted by Crippen LogP contribution is -2.39. The molecule has 0 aromatic heterocycles. The van der Waals surface area contributed by atoms with Crippen molar-refractivity contribution in [3.05, 3.63) is 41.2 Å². The van der Waals surface area contributed by atoms with Crippen LogP contribution in [0, 0.1) is 5.92 Å². The Bertz CT molecular complexity index is 939. The molecule has 8 heteroatoms. The van der Waals surface area contributed by atoms with Crippen LogP contribution in [0.2, 0.25) is 0 Å². The zero-order valence-electron chi connectivity index (χ0n) is 19.2. The van der Waals surface area contributed by atoms with E-state index in [4.69, 9.17) is 19.9 Å². The van der Waals surface area contributed by atoms with E-state index in [1.54, 1.807) is 17.0 Å². The third-order valence-electron chi connectivity index (χ3n) is 6.43. The van der Waals surface area contributed by atoms with E-state index in [9.17, 15) is 14.4 Å². The van der Waals surface area contributed by atoms with Crippen LogP contribution in [0.3, 0.4) is 0 Å². The summed E-state index contributed by atoms with van der Waals surface area (Å²) in [6, 6.07) is 6.58. The summed E-state index contributed by atoms with van der Waals surface area (Å²) in [6.45, 7) is 4.71. The van der Waals surface area contributed by atoms with Gasteiger partial charge in [-0.3, -0.25) is 14.4 Å². The van der Waals surface area contributed by atoms with Gasteiger partial charge in [-0.2, -0.15) is 0 Å². The quantitative estimate of drug-likeness (QED) is 0.573. The summed E-state index contributed by atoms with van der Waals surface area (Å²) in [5.74, 6) is -0.231. The van der Waals surface area contributed by atoms with Gasteiger partial charge in [0.25, 0.3) is 11.8 Å². The third-order valence-corrected chi connectivity index (χ3v) is 6.43. The molecule has 0 saturated heterocycles. The van der Waals surface area contributed by atoms with Crippen molar-refractivity contribution in [2.45, 2.75) is 64.2 Å². The number of hydrogen-bond donors (Lipinski definition) is 1. The number of ketones is 1. The number of nitrogens with two attached hydrogens (primary N) is 1. The predicted molar refractivity (Wildman–Crippen MR) is 120 cm³/mol. The van der Waals surface area contributed by atoms with Gasteiger partial charge in [-0.15, -0.1) is 0 Å². The van der Waals surface area contributed by atoms with Crippen LogP contribution < -0.4 is 10.5 Å². The summed E-state index contributed by atoms with van der Waals surface area (Å²) in [5.41, 5.74) is 6.42. The van der Waals surface area contributed by atoms with E-state index in [0.717, 1.165) is 31.2 Å². The van der Waals surface area contributed by atoms with Crippen LogP contribution in [0.25, 0.3) is 0 Å². The van der Waals surface area contributed by atoms with Crippen molar-refractivity contribution in [3.8, 4) is 5.75 Å². The fraction of sp³-hybridized carbons (Fsp3) is 0.560. The first kappa shape index (κ1) is 23.3. The number of fused-ring (bicyclic) bond motifs is 1. The Balaban J connectivity index is 1.61. The van der Waals surface area contributed by atoms with Crippen molar-refractivity contribution in [3.63, 3.8) is 0 Å². The maximum atomic E-state index is 13.6. The normalized spacial score (nSPS) is 24.6. The molecule has 33 heavy (non-hydrogen) atoms. The molecule has 1 saturated carbocycles. The van der Waals surface area contributed by atoms with Gasteiger partial charge in [0.2, 0.25) is 0 Å². The molecule has 1 fully saturated rings. The summed E-state index contributed by atoms with van der Waals surface area (Å²) < 4.78 is 17.2. The van der Waals surface area contributed by atoms with E-state index in [1.165, 1.54) is 0 Å². The minimum absolute atomic E-state index is 0.0364. The fourth-order valence-corrected chi connectivity index (χ4v) is 4.92. The molecule has 1 aromatic rings. The molecule has 2 N–H and O–H groups in total. The Morgan fingerprint density at radius 1 is 1.18 bits per heavy atom. The third kappa shape index (κ3) is 4.90. The number of carbonyl (C=O) groups excluding carboxylic acids is 3. The van der Waals surface area contributed by atoms with Gasteiger partial charge in [-0.05, 0) is 57.2 Å². The molecule has 3 aliphatic rings. The minimum atomic E-state index is -0.558. The van der Waals surface area contributed by atoms with E-state index in [2.05, 4.69) is 0 Å². The van der Waals surface area contributed by atoms with Crippen LogP contribution in [0.5, 0.6) is 5.75 Å². The fourth-order valence-electron chi connectivity index (χ4n) is 4.92. The number of benzene rings is 1. The van der Waals surface area contributed by atoms with Crippen molar-refractivity contribution in [2.24, 2.45) is 11.7 Å². The first-order chi connectivity index (χ1) is 15.9. The van der Waals surface area contributed by atoms with E-state index in [1.807, 2.05) is 26.0 Å². The Labute approximate surface area is 194 Å². The van der Waals surface area contributed by atoms with Gasteiger partial charge in [-0.1, -0.05) is 18.6 Å². The largest absolute Gasteiger partial charge is 0.484 e. The number of carbonyl (C=O) groups is 3. The molecule has 0 bridgehead atoms. The Hall–Kier alpha value is -2.87. The number of primary amides is 1. The highest BCUT2D eigenvalue weighted by Crippen LogP contribution is 2.46. The lowest BCUT2D eigenvalue weighted by Gasteiger charge is -2.35. The molecular formula is C25H32N2O6. The van der Waals surface area contributed by atoms with E-state index in [0.29, 0.717) is 30.9 Å². The van der Waals surface area contributed by atoms with Gasteiger partial charge in [0.05, 0.1) is 23.6 Å². The maximum absolute atomic E-state index is 13.6. The highest BCUT2D eigenvalue weighted by molar-refractivity contribution is 6.11. The molecule has 178 valence electrons. The Morgan fingerprint density at radius 3 is 2.61 bits per heavy atom. The Morgan fingerprint density at radius 2 is 1.91 bits per heavy atom. The van der Waals surface area contributed by atoms with Gasteiger partial charge in [0, 0.05) is 13.2 Å². The summed E-state index contributed by atoms with van der Waals surface area (Å²) >= 11 is 0. The molecule has 0 spiro atoms. The smallest absolute Gasteiger partial charge is 0.290 e. The standard InChI is InChI=1S/C25H32N2O6/c1-15(2)31-13-5-12-27-22(16-8-10-17(11-9-16)32-14-20(26)28)21-23(29)18-6-3-4-7-19(18)33-24(21)25(27)30/h8-11,15,18-19,22H,3-7,12-14H2,1-2H3,(H2,26,28). The summed E-state index contributed by atoms with van der Waals surface area (Å²) in [5, 5.41) is 0. The van der Waals surface area contributed by atoms with Crippen LogP contribution in [-0.2, 0) is 23.9 Å². The highest BCUT2D eigenvalue weighted by Gasteiger charge is 2.51. The van der Waals surface area contributed by atoms with Crippen LogP contribution in [-0.4, -0.2) is 54.5 Å². The molecule has 1 aromatic carbocycles. The lowest BCUT2D eigenvalue weighted by atomic mass is 9.77. The minimum Gasteiger partial charge on any atom is -0.484 e. The van der Waals surface area contributed by atoms with Crippen molar-refractivity contribution in [1.29, 1.82) is 0 Å². The van der Waals surface area contributed by atoms with Gasteiger partial charge < -0.3 is 24.8 Å². The van der Waals surface area contributed by atoms with Gasteiger partial charge in [0.1, 0.15) is 11.9 Å². The molecule has 3 unspecified atom stereocenters. The number of Topliss-reactive ketones (excluding diaryl/α,β-unsaturated/α-hetero) is 1. The number of rotatable bonds is 9. The topological polar surface area (TPSA) is 108 Å². The highest BCUT2D eigenvalue weighted by atomic mass is 16.5. The lowest BCUT2D eigenvalue weighted by molar-refractivity contribution is -0.135. The summed E-state index contributed by atoms with van der Waals surface area (Å²) in [6.07, 6.45) is 4.17. The van der Waals surface area contributed by atoms with Gasteiger partial charge in [0.15, 0.2) is 18.1 Å². The molecular weight excluding hydrogens is 424 g/mol. The van der Waals surface area contributed by atoms with Gasteiger partial charge in [-0.25, -0.2) is 0 Å². The molecule has 2 aliphatic heterocycles. The zero-order chi connectivity index (χ0) is 23.5. The second kappa shape index (κ2) is 9.95. The zero-order valence-corrected chi connectivity index (χ0v) is 19.2. The van der Waals surface area contributed by atoms with Crippen LogP contribution >= 0.6 is 0 Å². The number of amides is 2. The van der Waals surface area contributed by atoms with Crippen molar-refractivity contribution >= 4 is 17.6 Å². The second-order valence-corrected chi connectivity index (χ2v) is 9.15. The van der Waals surface area contributed by atoms with E-state index < -0.39 is 11.9 Å². The maximum Gasteiger partial charge on any atom is 0.290 e. The van der Waals surface area contributed by atoms with Gasteiger partial charge >= 0.3 is 0 Å². The molecule has 0 radical (unpaired) electrons. The molecule has 4 rings (SSSR count). The first-order valence-electron chi connectivity index (χ1n) is 11.8. The number of hydrogen-bond acceptors (Lipinski definition) is 6. The first-order valence-corrected chi connectivity index (χ1v) is 11.8. The van der Waals surface area contributed by atoms with Crippen molar-refractivity contribution in [2.75, 3.05) is 19.8 Å². The van der Waals surface area contributed by atoms with E-state index in [-0.39, 0.29) is 42.2 Å². The van der Waals surface area contributed by atoms with E-state index >= 15 is 0 Å². The molecule has 1 aliphatic carbocycles. The van der Waals surface area contributed by atoms with Crippen molar-refractivity contribution < 1.29 is 28.6 Å². The average Bonchev–Trinajstić information content (AvgIpc) is 3.07. The summed E-state index contributed by atoms with van der Waals surface area (Å²) in [7, 11) is 0. The van der Waals surface area contributed by atoms with Crippen LogP contribution in [0.4, 0.5) is 0 Å². The Kier molecular flexibility index (Phi) is 7.02. The summed E-state index contributed by atoms with van der Waals surface area (Å²) in [4.78, 5) is 39.7. The monoisotopic (exact) mass is 456 g/mol. The van der Waals surface area contributed by atoms with Crippen molar-refractivity contribution in [1.82, 2.24) is 4.90 Å². The second-order valence-electron chi connectivity index (χ2n) is 9.15. The molecule has 2 heterocycles. The molecule has 8 nitrogen and oxygen atoms in total. The van der Waals surface area contributed by atoms with Crippen LogP contribution in [0.1, 0.15) is 57.6 Å². The molecule has 2 amide bonds.